The monoisotopic (exact) mass is 275 g/mol. The van der Waals surface area contributed by atoms with Crippen LogP contribution in [0.15, 0.2) is 23.8 Å². The molecule has 19 heavy (non-hydrogen) atoms. The molecule has 0 bridgehead atoms. The molecule has 3 nitrogen and oxygen atoms in total. The third-order valence-electron chi connectivity index (χ3n) is 4.17. The third kappa shape index (κ3) is 2.60. The summed E-state index contributed by atoms with van der Waals surface area (Å²) in [4.78, 5) is 1.60. The van der Waals surface area contributed by atoms with Gasteiger partial charge < -0.3 is 5.32 Å². The number of hydrogen-bond donors (Lipinski definition) is 1. The molecule has 0 aromatic carbocycles. The Morgan fingerprint density at radius 3 is 3.21 bits per heavy atom. The number of nitrogens with zero attached hydrogens (tertiary/aromatic N) is 2. The molecular weight excluding hydrogens is 254 g/mol. The summed E-state index contributed by atoms with van der Waals surface area (Å²) in [5.74, 6) is 0.653. The molecule has 0 radical (unpaired) electrons. The van der Waals surface area contributed by atoms with Gasteiger partial charge in [0.2, 0.25) is 0 Å². The molecule has 2 unspecified atom stereocenters. The van der Waals surface area contributed by atoms with E-state index in [-0.39, 0.29) is 0 Å². The minimum atomic E-state index is 0.512. The van der Waals surface area contributed by atoms with Gasteiger partial charge in [-0.15, -0.1) is 11.3 Å². The lowest BCUT2D eigenvalue weighted by Gasteiger charge is -2.30. The Balaban J connectivity index is 1.80. The topological polar surface area (TPSA) is 29.9 Å². The molecule has 2 atom stereocenters. The Labute approximate surface area is 118 Å². The van der Waals surface area contributed by atoms with Crippen LogP contribution in [0.2, 0.25) is 0 Å². The van der Waals surface area contributed by atoms with Crippen molar-refractivity contribution in [1.82, 2.24) is 15.1 Å². The van der Waals surface area contributed by atoms with Crippen molar-refractivity contribution in [3.8, 4) is 0 Å². The molecule has 0 saturated carbocycles. The maximum absolute atomic E-state index is 4.27. The van der Waals surface area contributed by atoms with E-state index >= 15 is 0 Å². The number of aromatic nitrogens is 2. The van der Waals surface area contributed by atoms with Crippen LogP contribution < -0.4 is 5.32 Å². The fourth-order valence-electron chi connectivity index (χ4n) is 3.22. The van der Waals surface area contributed by atoms with Crippen molar-refractivity contribution in [2.45, 2.75) is 37.6 Å². The Bertz CT molecular complexity index is 543. The highest BCUT2D eigenvalue weighted by molar-refractivity contribution is 7.10. The van der Waals surface area contributed by atoms with Gasteiger partial charge >= 0.3 is 0 Å². The van der Waals surface area contributed by atoms with E-state index in [2.05, 4.69) is 35.1 Å². The van der Waals surface area contributed by atoms with Crippen molar-refractivity contribution < 1.29 is 0 Å². The molecule has 2 aromatic rings. The van der Waals surface area contributed by atoms with E-state index in [4.69, 9.17) is 0 Å². The summed E-state index contributed by atoms with van der Waals surface area (Å²) in [5, 5.41) is 10.1. The number of aryl methyl sites for hydroxylation is 2. The van der Waals surface area contributed by atoms with Crippen molar-refractivity contribution in [3.63, 3.8) is 0 Å². The van der Waals surface area contributed by atoms with E-state index in [0.717, 1.165) is 6.42 Å². The van der Waals surface area contributed by atoms with Crippen molar-refractivity contribution in [3.05, 3.63) is 39.8 Å². The lowest BCUT2D eigenvalue weighted by atomic mass is 9.80. The summed E-state index contributed by atoms with van der Waals surface area (Å²) in [7, 11) is 4.07. The van der Waals surface area contributed by atoms with E-state index < -0.39 is 0 Å². The van der Waals surface area contributed by atoms with Crippen LogP contribution in [0.1, 0.15) is 34.8 Å². The first kappa shape index (κ1) is 12.9. The maximum atomic E-state index is 4.27. The smallest absolute Gasteiger partial charge is 0.0522 e. The molecule has 102 valence electrons. The van der Waals surface area contributed by atoms with Crippen molar-refractivity contribution in [2.75, 3.05) is 7.05 Å². The van der Waals surface area contributed by atoms with Crippen LogP contribution in [0.25, 0.3) is 0 Å². The summed E-state index contributed by atoms with van der Waals surface area (Å²) in [5.41, 5.74) is 2.91. The molecular formula is C15H21N3S. The van der Waals surface area contributed by atoms with Gasteiger partial charge in [-0.1, -0.05) is 0 Å². The van der Waals surface area contributed by atoms with Gasteiger partial charge in [0.1, 0.15) is 0 Å². The zero-order valence-corrected chi connectivity index (χ0v) is 12.4. The highest BCUT2D eigenvalue weighted by Crippen LogP contribution is 2.37. The second kappa shape index (κ2) is 5.47. The van der Waals surface area contributed by atoms with Crippen LogP contribution in [0.3, 0.4) is 0 Å². The first-order valence-electron chi connectivity index (χ1n) is 6.99. The third-order valence-corrected chi connectivity index (χ3v) is 5.17. The maximum Gasteiger partial charge on any atom is 0.0522 e. The van der Waals surface area contributed by atoms with Gasteiger partial charge in [-0.05, 0) is 55.3 Å². The fourth-order valence-corrected chi connectivity index (χ4v) is 4.21. The standard InChI is InChI=1S/C15H21N3S/c1-16-14(8-11-9-17-18(2)10-11)12-4-3-5-15-13(12)6-7-19-15/h6-7,9-10,12,14,16H,3-5,8H2,1-2H3. The number of fused-ring (bicyclic) bond motifs is 1. The number of likely N-dealkylation sites (N-methyl/N-ethyl adjacent to an activating group) is 1. The first-order chi connectivity index (χ1) is 9.28. The average molecular weight is 275 g/mol. The predicted octanol–water partition coefficient (Wildman–Crippen LogP) is 2.73. The zero-order chi connectivity index (χ0) is 13.2. The number of thiophene rings is 1. The normalized spacial score (nSPS) is 20.2. The Kier molecular flexibility index (Phi) is 3.71. The summed E-state index contributed by atoms with van der Waals surface area (Å²) >= 11 is 1.92. The number of rotatable bonds is 4. The lowest BCUT2D eigenvalue weighted by molar-refractivity contribution is 0.414. The average Bonchev–Trinajstić information content (AvgIpc) is 3.04. The molecule has 0 aliphatic heterocycles. The molecule has 0 saturated heterocycles. The Morgan fingerprint density at radius 2 is 2.47 bits per heavy atom. The van der Waals surface area contributed by atoms with Crippen LogP contribution in [0.5, 0.6) is 0 Å². The minimum Gasteiger partial charge on any atom is -0.316 e. The van der Waals surface area contributed by atoms with Gasteiger partial charge in [0.05, 0.1) is 6.20 Å². The second-order valence-electron chi connectivity index (χ2n) is 5.42. The van der Waals surface area contributed by atoms with Crippen LogP contribution in [0.4, 0.5) is 0 Å². The number of hydrogen-bond acceptors (Lipinski definition) is 3. The van der Waals surface area contributed by atoms with Gasteiger partial charge in [-0.25, -0.2) is 0 Å². The predicted molar refractivity (Wildman–Crippen MR) is 79.8 cm³/mol. The van der Waals surface area contributed by atoms with Gasteiger partial charge in [0, 0.05) is 30.1 Å². The molecule has 1 aliphatic rings. The highest BCUT2D eigenvalue weighted by Gasteiger charge is 2.28. The zero-order valence-electron chi connectivity index (χ0n) is 11.6. The Hall–Kier alpha value is -1.13. The van der Waals surface area contributed by atoms with Crippen LogP contribution in [-0.4, -0.2) is 22.9 Å². The largest absolute Gasteiger partial charge is 0.316 e. The molecule has 3 rings (SSSR count). The van der Waals surface area contributed by atoms with Gasteiger partial charge in [0.15, 0.2) is 0 Å². The molecule has 0 fully saturated rings. The van der Waals surface area contributed by atoms with Crippen molar-refractivity contribution in [2.24, 2.45) is 7.05 Å². The van der Waals surface area contributed by atoms with Crippen molar-refractivity contribution in [1.29, 1.82) is 0 Å². The molecule has 0 amide bonds. The number of nitrogens with one attached hydrogen (secondary N) is 1. The molecule has 4 heteroatoms. The van der Waals surface area contributed by atoms with E-state index in [1.54, 1.807) is 10.4 Å². The molecule has 1 N–H and O–H groups in total. The van der Waals surface area contributed by atoms with E-state index in [1.165, 1.54) is 24.8 Å². The first-order valence-corrected chi connectivity index (χ1v) is 7.87. The lowest BCUT2D eigenvalue weighted by Crippen LogP contribution is -2.35. The van der Waals surface area contributed by atoms with Gasteiger partial charge in [-0.2, -0.15) is 5.10 Å². The minimum absolute atomic E-state index is 0.512. The van der Waals surface area contributed by atoms with Crippen molar-refractivity contribution >= 4 is 11.3 Å². The SMILES string of the molecule is CNC(Cc1cnn(C)c1)C1CCCc2sccc21. The molecule has 2 heterocycles. The highest BCUT2D eigenvalue weighted by atomic mass is 32.1. The van der Waals surface area contributed by atoms with Gasteiger partial charge in [-0.3, -0.25) is 4.68 Å². The molecule has 0 spiro atoms. The van der Waals surface area contributed by atoms with E-state index in [0.29, 0.717) is 12.0 Å². The summed E-state index contributed by atoms with van der Waals surface area (Å²) < 4.78 is 1.89. The summed E-state index contributed by atoms with van der Waals surface area (Å²) in [6, 6.07) is 2.84. The van der Waals surface area contributed by atoms with E-state index in [1.807, 2.05) is 29.3 Å². The quantitative estimate of drug-likeness (QED) is 0.930. The fraction of sp³-hybridized carbons (Fsp3) is 0.533. The summed E-state index contributed by atoms with van der Waals surface area (Å²) in [6.45, 7) is 0. The van der Waals surface area contributed by atoms with E-state index in [9.17, 15) is 0 Å². The summed E-state index contributed by atoms with van der Waals surface area (Å²) in [6.07, 6.45) is 9.07. The Morgan fingerprint density at radius 1 is 1.58 bits per heavy atom. The van der Waals surface area contributed by atoms with Crippen LogP contribution in [0, 0.1) is 0 Å². The molecule has 1 aliphatic carbocycles. The van der Waals surface area contributed by atoms with Crippen LogP contribution in [-0.2, 0) is 19.9 Å². The van der Waals surface area contributed by atoms with Gasteiger partial charge in [0.25, 0.3) is 0 Å². The van der Waals surface area contributed by atoms with Crippen LogP contribution >= 0.6 is 11.3 Å². The second-order valence-corrected chi connectivity index (χ2v) is 6.42. The molecule has 2 aromatic heterocycles.